The van der Waals surface area contributed by atoms with Crippen molar-refractivity contribution in [2.24, 2.45) is 0 Å². The second-order valence-corrected chi connectivity index (χ2v) is 4.73. The molecule has 0 unspecified atom stereocenters. The molecule has 0 atom stereocenters. The first-order valence-electron chi connectivity index (χ1n) is 6.37. The van der Waals surface area contributed by atoms with Crippen LogP contribution < -0.4 is 0 Å². The smallest absolute Gasteiger partial charge is 0.309 e. The van der Waals surface area contributed by atoms with Gasteiger partial charge in [-0.2, -0.15) is 5.10 Å². The van der Waals surface area contributed by atoms with Crippen molar-refractivity contribution in [1.82, 2.24) is 14.6 Å². The van der Waals surface area contributed by atoms with E-state index in [1.54, 1.807) is 24.3 Å². The molecule has 0 spiro atoms. The van der Waals surface area contributed by atoms with E-state index in [2.05, 4.69) is 10.1 Å². The van der Waals surface area contributed by atoms with Crippen LogP contribution in [0.2, 0.25) is 0 Å². The number of benzene rings is 1. The second-order valence-electron chi connectivity index (χ2n) is 4.73. The summed E-state index contributed by atoms with van der Waals surface area (Å²) >= 11 is 0. The Balaban J connectivity index is 2.25. The minimum absolute atomic E-state index is 0.204. The van der Waals surface area contributed by atoms with Gasteiger partial charge in [0.1, 0.15) is 5.82 Å². The van der Waals surface area contributed by atoms with E-state index in [9.17, 15) is 9.18 Å². The van der Waals surface area contributed by atoms with Gasteiger partial charge in [-0.3, -0.25) is 4.79 Å². The van der Waals surface area contributed by atoms with E-state index in [4.69, 9.17) is 5.11 Å². The number of imidazole rings is 1. The predicted molar refractivity (Wildman–Crippen MR) is 74.5 cm³/mol. The molecule has 0 aliphatic rings. The van der Waals surface area contributed by atoms with Crippen molar-refractivity contribution in [2.75, 3.05) is 0 Å². The van der Waals surface area contributed by atoms with Gasteiger partial charge in [-0.25, -0.2) is 13.9 Å². The molecule has 0 fully saturated rings. The summed E-state index contributed by atoms with van der Waals surface area (Å²) < 4.78 is 14.6. The number of fused-ring (bicyclic) bond motifs is 1. The number of carbonyl (C=O) groups is 1. The van der Waals surface area contributed by atoms with Crippen LogP contribution in [0.5, 0.6) is 0 Å². The lowest BCUT2D eigenvalue weighted by molar-refractivity contribution is -0.136. The quantitative estimate of drug-likeness (QED) is 0.802. The number of rotatable bonds is 3. The molecule has 0 amide bonds. The van der Waals surface area contributed by atoms with Crippen molar-refractivity contribution < 1.29 is 14.3 Å². The molecule has 106 valence electrons. The SMILES string of the molecule is Cc1ccc2nc(-c3ccc(F)cc3)c(CC(=O)O)n2n1. The maximum atomic E-state index is 13.0. The van der Waals surface area contributed by atoms with Crippen molar-refractivity contribution in [2.45, 2.75) is 13.3 Å². The van der Waals surface area contributed by atoms with E-state index >= 15 is 0 Å². The van der Waals surface area contributed by atoms with Crippen molar-refractivity contribution in [3.8, 4) is 11.3 Å². The maximum Gasteiger partial charge on any atom is 0.309 e. The summed E-state index contributed by atoms with van der Waals surface area (Å²) in [6.45, 7) is 1.82. The number of nitrogens with zero attached hydrogens (tertiary/aromatic N) is 3. The number of halogens is 1. The molecule has 0 aliphatic carbocycles. The van der Waals surface area contributed by atoms with E-state index in [0.29, 0.717) is 22.6 Å². The molecule has 1 aromatic carbocycles. The van der Waals surface area contributed by atoms with E-state index < -0.39 is 5.97 Å². The largest absolute Gasteiger partial charge is 0.481 e. The molecule has 3 rings (SSSR count). The van der Waals surface area contributed by atoms with Gasteiger partial charge in [0.15, 0.2) is 5.65 Å². The molecule has 6 heteroatoms. The van der Waals surface area contributed by atoms with Crippen molar-refractivity contribution in [1.29, 1.82) is 0 Å². The molecule has 3 aromatic rings. The van der Waals surface area contributed by atoms with Gasteiger partial charge in [-0.15, -0.1) is 0 Å². The normalized spacial score (nSPS) is 11.0. The van der Waals surface area contributed by atoms with Crippen molar-refractivity contribution in [3.63, 3.8) is 0 Å². The average molecular weight is 285 g/mol. The first kappa shape index (κ1) is 13.2. The van der Waals surface area contributed by atoms with Gasteiger partial charge in [0, 0.05) is 5.56 Å². The zero-order valence-electron chi connectivity index (χ0n) is 11.2. The molecule has 21 heavy (non-hydrogen) atoms. The fraction of sp³-hybridized carbons (Fsp3) is 0.133. The van der Waals surface area contributed by atoms with Gasteiger partial charge < -0.3 is 5.11 Å². The van der Waals surface area contributed by atoms with Crippen LogP contribution in [0.25, 0.3) is 16.9 Å². The number of hydrogen-bond acceptors (Lipinski definition) is 3. The molecule has 0 saturated carbocycles. The third-order valence-electron chi connectivity index (χ3n) is 3.14. The first-order chi connectivity index (χ1) is 10.0. The monoisotopic (exact) mass is 285 g/mol. The Labute approximate surface area is 119 Å². The third kappa shape index (κ3) is 2.47. The summed E-state index contributed by atoms with van der Waals surface area (Å²) in [6, 6.07) is 9.39. The highest BCUT2D eigenvalue weighted by molar-refractivity contribution is 5.75. The Morgan fingerprint density at radius 3 is 2.62 bits per heavy atom. The molecule has 0 aliphatic heterocycles. The van der Waals surface area contributed by atoms with Gasteiger partial charge in [-0.05, 0) is 43.3 Å². The van der Waals surface area contributed by atoms with Crippen molar-refractivity contribution in [3.05, 3.63) is 53.6 Å². The van der Waals surface area contributed by atoms with Gasteiger partial charge in [-0.1, -0.05) is 0 Å². The Bertz CT molecular complexity index is 825. The Hall–Kier alpha value is -2.76. The average Bonchev–Trinajstić information content (AvgIpc) is 2.77. The molecule has 1 N–H and O–H groups in total. The highest BCUT2D eigenvalue weighted by Crippen LogP contribution is 2.24. The van der Waals surface area contributed by atoms with Crippen LogP contribution in [0.15, 0.2) is 36.4 Å². The van der Waals surface area contributed by atoms with Crippen LogP contribution in [0, 0.1) is 12.7 Å². The van der Waals surface area contributed by atoms with Crippen LogP contribution in [-0.2, 0) is 11.2 Å². The number of carboxylic acid groups (broad SMARTS) is 1. The molecule has 0 radical (unpaired) electrons. The number of carboxylic acids is 1. The Morgan fingerprint density at radius 2 is 1.95 bits per heavy atom. The molecular weight excluding hydrogens is 273 g/mol. The summed E-state index contributed by atoms with van der Waals surface area (Å²) in [5.74, 6) is -1.32. The zero-order chi connectivity index (χ0) is 15.0. The molecule has 2 heterocycles. The highest BCUT2D eigenvalue weighted by Gasteiger charge is 2.17. The second kappa shape index (κ2) is 4.97. The third-order valence-corrected chi connectivity index (χ3v) is 3.14. The highest BCUT2D eigenvalue weighted by atomic mass is 19.1. The summed E-state index contributed by atoms with van der Waals surface area (Å²) in [5.41, 5.74) is 2.98. The number of aliphatic carboxylic acids is 1. The van der Waals surface area contributed by atoms with E-state index in [1.165, 1.54) is 16.6 Å². The van der Waals surface area contributed by atoms with E-state index in [1.807, 2.05) is 6.92 Å². The standard InChI is InChI=1S/C15H12FN3O2/c1-9-2-7-13-17-15(10-3-5-11(16)6-4-10)12(8-14(20)21)19(13)18-9/h2-7H,8H2,1H3,(H,20,21). The van der Waals surface area contributed by atoms with Crippen LogP contribution in [-0.4, -0.2) is 25.7 Å². The molecule has 0 bridgehead atoms. The summed E-state index contributed by atoms with van der Waals surface area (Å²) in [5, 5.41) is 13.4. The fourth-order valence-electron chi connectivity index (χ4n) is 2.21. The van der Waals surface area contributed by atoms with Crippen LogP contribution >= 0.6 is 0 Å². The van der Waals surface area contributed by atoms with Crippen molar-refractivity contribution >= 4 is 11.6 Å². The van der Waals surface area contributed by atoms with E-state index in [0.717, 1.165) is 5.69 Å². The lowest BCUT2D eigenvalue weighted by atomic mass is 10.1. The molecular formula is C15H12FN3O2. The van der Waals surface area contributed by atoms with Gasteiger partial charge in [0.25, 0.3) is 0 Å². The minimum atomic E-state index is -0.969. The van der Waals surface area contributed by atoms with Crippen LogP contribution in [0.1, 0.15) is 11.4 Å². The Morgan fingerprint density at radius 1 is 1.24 bits per heavy atom. The van der Waals surface area contributed by atoms with Gasteiger partial charge in [0.05, 0.1) is 23.5 Å². The molecule has 5 nitrogen and oxygen atoms in total. The summed E-state index contributed by atoms with van der Waals surface area (Å²) in [6.07, 6.45) is -0.204. The topological polar surface area (TPSA) is 67.5 Å². The van der Waals surface area contributed by atoms with Crippen LogP contribution in [0.3, 0.4) is 0 Å². The van der Waals surface area contributed by atoms with Gasteiger partial charge in [0.2, 0.25) is 0 Å². The lowest BCUT2D eigenvalue weighted by Crippen LogP contribution is -2.07. The van der Waals surface area contributed by atoms with Gasteiger partial charge >= 0.3 is 5.97 Å². The maximum absolute atomic E-state index is 13.0. The number of aromatic nitrogens is 3. The predicted octanol–water partition coefficient (Wildman–Crippen LogP) is 2.47. The zero-order valence-corrected chi connectivity index (χ0v) is 11.2. The lowest BCUT2D eigenvalue weighted by Gasteiger charge is -2.02. The van der Waals surface area contributed by atoms with Crippen LogP contribution in [0.4, 0.5) is 4.39 Å². The number of aryl methyl sites for hydroxylation is 1. The van der Waals surface area contributed by atoms with E-state index in [-0.39, 0.29) is 12.2 Å². The number of hydrogen-bond donors (Lipinski definition) is 1. The Kier molecular flexibility index (Phi) is 3.13. The molecule has 0 saturated heterocycles. The first-order valence-corrected chi connectivity index (χ1v) is 6.37. The summed E-state index contributed by atoms with van der Waals surface area (Å²) in [7, 11) is 0. The minimum Gasteiger partial charge on any atom is -0.481 e. The molecule has 2 aromatic heterocycles. The fourth-order valence-corrected chi connectivity index (χ4v) is 2.21. The summed E-state index contributed by atoms with van der Waals surface area (Å²) in [4.78, 5) is 15.5.